The number of aromatic hydroxyl groups is 1. The minimum absolute atomic E-state index is 0.0137. The number of hydrogen-bond acceptors (Lipinski definition) is 6. The first kappa shape index (κ1) is 25.8. The number of amides is 1. The van der Waals surface area contributed by atoms with Gasteiger partial charge in [-0.1, -0.05) is 47.5 Å². The number of anilines is 1. The number of carbonyl (C=O) groups is 2. The number of fused-ring (bicyclic) bond motifs is 1. The number of halogens is 2. The van der Waals surface area contributed by atoms with Crippen LogP contribution in [-0.2, 0) is 9.53 Å². The van der Waals surface area contributed by atoms with Crippen LogP contribution in [0.15, 0.2) is 77.4 Å². The second-order valence-electron chi connectivity index (χ2n) is 9.29. The number of rotatable bonds is 5. The molecule has 1 saturated carbocycles. The molecule has 0 saturated heterocycles. The molecule has 2 atom stereocenters. The Balaban J connectivity index is 1.44. The van der Waals surface area contributed by atoms with Gasteiger partial charge in [0.15, 0.2) is 6.61 Å². The highest BCUT2D eigenvalue weighted by molar-refractivity contribution is 6.31. The van der Waals surface area contributed by atoms with E-state index in [4.69, 9.17) is 38.8 Å². The van der Waals surface area contributed by atoms with E-state index in [2.05, 4.69) is 6.08 Å². The van der Waals surface area contributed by atoms with Crippen molar-refractivity contribution in [3.8, 4) is 5.75 Å². The van der Waals surface area contributed by atoms with Crippen LogP contribution in [-0.4, -0.2) is 34.3 Å². The molecule has 194 valence electrons. The molecule has 38 heavy (non-hydrogen) atoms. The molecule has 1 amide bonds. The van der Waals surface area contributed by atoms with Gasteiger partial charge in [0.25, 0.3) is 5.91 Å². The summed E-state index contributed by atoms with van der Waals surface area (Å²) in [6, 6.07) is 18.5. The SMILES string of the molecule is Nc1ccc(O)cc1C(=O)OCC(=O)N1N=C2C(=Cc3cccc(Cl)c3)CCCC2C1c1ccc(Cl)cc1. The fourth-order valence-corrected chi connectivity index (χ4v) is 5.31. The van der Waals surface area contributed by atoms with Gasteiger partial charge in [0.2, 0.25) is 0 Å². The molecule has 0 radical (unpaired) electrons. The van der Waals surface area contributed by atoms with Crippen molar-refractivity contribution in [2.75, 3.05) is 12.3 Å². The number of ether oxygens (including phenoxy) is 1. The van der Waals surface area contributed by atoms with Gasteiger partial charge in [0, 0.05) is 21.7 Å². The third-order valence-corrected chi connectivity index (χ3v) is 7.23. The first-order valence-corrected chi connectivity index (χ1v) is 12.9. The van der Waals surface area contributed by atoms with Crippen LogP contribution >= 0.6 is 23.2 Å². The van der Waals surface area contributed by atoms with Gasteiger partial charge in [-0.25, -0.2) is 9.80 Å². The maximum Gasteiger partial charge on any atom is 0.340 e. The van der Waals surface area contributed by atoms with Gasteiger partial charge >= 0.3 is 5.97 Å². The number of benzene rings is 3. The van der Waals surface area contributed by atoms with Crippen molar-refractivity contribution < 1.29 is 19.4 Å². The number of hydrazone groups is 1. The second-order valence-corrected chi connectivity index (χ2v) is 10.2. The number of hydrogen-bond donors (Lipinski definition) is 2. The molecule has 1 fully saturated rings. The van der Waals surface area contributed by atoms with E-state index >= 15 is 0 Å². The number of nitrogens with zero attached hydrogens (tertiary/aromatic N) is 2. The van der Waals surface area contributed by atoms with E-state index in [1.54, 1.807) is 12.1 Å². The Bertz CT molecular complexity index is 1450. The summed E-state index contributed by atoms with van der Waals surface area (Å²) in [6.45, 7) is -0.533. The average Bonchev–Trinajstić information content (AvgIpc) is 3.30. The summed E-state index contributed by atoms with van der Waals surface area (Å²) in [4.78, 5) is 26.0. The highest BCUT2D eigenvalue weighted by Crippen LogP contribution is 2.44. The Morgan fingerprint density at radius 3 is 2.63 bits per heavy atom. The Kier molecular flexibility index (Phi) is 7.40. The van der Waals surface area contributed by atoms with Crippen molar-refractivity contribution >= 4 is 52.6 Å². The predicted octanol–water partition coefficient (Wildman–Crippen LogP) is 6.26. The first-order valence-electron chi connectivity index (χ1n) is 12.2. The van der Waals surface area contributed by atoms with Crippen LogP contribution in [0.5, 0.6) is 5.75 Å². The standard InChI is InChI=1S/C29H25Cl2N3O4/c30-20-9-7-18(8-10-20)28-23-6-2-4-19(13-17-3-1-5-21(31)14-17)27(23)33-34(28)26(36)16-38-29(37)24-15-22(35)11-12-25(24)32/h1,3,5,7-15,23,28,35H,2,4,6,16,32H2. The van der Waals surface area contributed by atoms with Gasteiger partial charge in [-0.2, -0.15) is 5.10 Å². The summed E-state index contributed by atoms with van der Waals surface area (Å²) in [5.74, 6) is -1.44. The summed E-state index contributed by atoms with van der Waals surface area (Å²) >= 11 is 12.3. The normalized spacial score (nSPS) is 19.7. The molecule has 0 aromatic heterocycles. The minimum Gasteiger partial charge on any atom is -0.508 e. The molecule has 3 aromatic carbocycles. The first-order chi connectivity index (χ1) is 18.3. The molecule has 2 unspecified atom stereocenters. The Labute approximate surface area is 230 Å². The van der Waals surface area contributed by atoms with Crippen LogP contribution in [0.25, 0.3) is 6.08 Å². The molecule has 1 aliphatic carbocycles. The molecular weight excluding hydrogens is 525 g/mol. The van der Waals surface area contributed by atoms with E-state index in [0.29, 0.717) is 10.0 Å². The quantitative estimate of drug-likeness (QED) is 0.222. The van der Waals surface area contributed by atoms with Crippen molar-refractivity contribution in [2.24, 2.45) is 11.0 Å². The van der Waals surface area contributed by atoms with E-state index in [9.17, 15) is 14.7 Å². The Morgan fingerprint density at radius 1 is 1.08 bits per heavy atom. The zero-order valence-electron chi connectivity index (χ0n) is 20.3. The number of esters is 1. The van der Waals surface area contributed by atoms with Crippen molar-refractivity contribution in [1.82, 2.24) is 5.01 Å². The average molecular weight is 550 g/mol. The van der Waals surface area contributed by atoms with Crippen LogP contribution < -0.4 is 5.73 Å². The Hall–Kier alpha value is -3.81. The van der Waals surface area contributed by atoms with Gasteiger partial charge in [0.05, 0.1) is 17.3 Å². The zero-order valence-corrected chi connectivity index (χ0v) is 21.8. The van der Waals surface area contributed by atoms with Gasteiger partial charge in [-0.05, 0) is 84.5 Å². The zero-order chi connectivity index (χ0) is 26.8. The summed E-state index contributed by atoms with van der Waals surface area (Å²) in [6.07, 6.45) is 4.67. The minimum atomic E-state index is -0.805. The molecule has 1 aliphatic heterocycles. The number of phenols is 1. The third kappa shape index (κ3) is 5.39. The molecule has 0 bridgehead atoms. The molecule has 5 rings (SSSR count). The molecule has 3 N–H and O–H groups in total. The molecule has 3 aromatic rings. The summed E-state index contributed by atoms with van der Waals surface area (Å²) in [7, 11) is 0. The smallest absolute Gasteiger partial charge is 0.340 e. The van der Waals surface area contributed by atoms with Crippen LogP contribution in [0.2, 0.25) is 10.0 Å². The third-order valence-electron chi connectivity index (χ3n) is 6.74. The van der Waals surface area contributed by atoms with Gasteiger partial charge in [0.1, 0.15) is 5.75 Å². The number of carbonyl (C=O) groups excluding carboxylic acids is 2. The van der Waals surface area contributed by atoms with Crippen LogP contribution in [0.3, 0.4) is 0 Å². The van der Waals surface area contributed by atoms with Gasteiger partial charge in [-0.15, -0.1) is 0 Å². The van der Waals surface area contributed by atoms with Crippen molar-refractivity contribution in [2.45, 2.75) is 25.3 Å². The van der Waals surface area contributed by atoms with Crippen molar-refractivity contribution in [3.05, 3.63) is 99.0 Å². The molecule has 2 aliphatic rings. The summed E-state index contributed by atoms with van der Waals surface area (Å²) in [5, 5.41) is 17.1. The molecule has 9 heteroatoms. The van der Waals surface area contributed by atoms with E-state index in [-0.39, 0.29) is 29.0 Å². The van der Waals surface area contributed by atoms with E-state index in [1.165, 1.54) is 23.2 Å². The fourth-order valence-electron chi connectivity index (χ4n) is 4.99. The monoisotopic (exact) mass is 549 g/mol. The molecule has 7 nitrogen and oxygen atoms in total. The topological polar surface area (TPSA) is 105 Å². The Morgan fingerprint density at radius 2 is 1.87 bits per heavy atom. The number of allylic oxidation sites excluding steroid dienone is 1. The summed E-state index contributed by atoms with van der Waals surface area (Å²) in [5.41, 5.74) is 9.70. The van der Waals surface area contributed by atoms with Crippen molar-refractivity contribution in [3.63, 3.8) is 0 Å². The largest absolute Gasteiger partial charge is 0.508 e. The number of nitrogen functional groups attached to an aromatic ring is 1. The van der Waals surface area contributed by atoms with E-state index in [0.717, 1.165) is 41.7 Å². The lowest BCUT2D eigenvalue weighted by atomic mass is 9.77. The van der Waals surface area contributed by atoms with E-state index < -0.39 is 18.5 Å². The summed E-state index contributed by atoms with van der Waals surface area (Å²) < 4.78 is 5.29. The van der Waals surface area contributed by atoms with E-state index in [1.807, 2.05) is 36.4 Å². The second kappa shape index (κ2) is 10.9. The molecule has 1 heterocycles. The lowest BCUT2D eigenvalue weighted by Gasteiger charge is -2.29. The number of phenolic OH excluding ortho intramolecular Hbond substituents is 1. The number of nitrogens with two attached hydrogens (primary N) is 1. The fraction of sp³-hybridized carbons (Fsp3) is 0.207. The lowest BCUT2D eigenvalue weighted by Crippen LogP contribution is -2.34. The highest BCUT2D eigenvalue weighted by atomic mass is 35.5. The van der Waals surface area contributed by atoms with Gasteiger partial charge in [-0.3, -0.25) is 4.79 Å². The molecular formula is C29H25Cl2N3O4. The van der Waals surface area contributed by atoms with Crippen molar-refractivity contribution in [1.29, 1.82) is 0 Å². The van der Waals surface area contributed by atoms with Crippen LogP contribution in [0.4, 0.5) is 5.69 Å². The van der Waals surface area contributed by atoms with Crippen LogP contribution in [0.1, 0.15) is 46.8 Å². The maximum absolute atomic E-state index is 13.4. The maximum atomic E-state index is 13.4. The lowest BCUT2D eigenvalue weighted by molar-refractivity contribution is -0.137. The predicted molar refractivity (Wildman–Crippen MR) is 148 cm³/mol. The van der Waals surface area contributed by atoms with Gasteiger partial charge < -0.3 is 15.6 Å². The highest BCUT2D eigenvalue weighted by Gasteiger charge is 2.43. The molecule has 0 spiro atoms. The van der Waals surface area contributed by atoms with Crippen LogP contribution in [0, 0.1) is 5.92 Å².